The van der Waals surface area contributed by atoms with Crippen LogP contribution in [0.1, 0.15) is 43.6 Å². The summed E-state index contributed by atoms with van der Waals surface area (Å²) >= 11 is 0. The fourth-order valence-electron chi connectivity index (χ4n) is 2.69. The standard InChI is InChI=1S/C22H27NO4/c1-16(2)19-10-7-18(8-11-19)9-12-21(24)23(14-17(3)22(25)26-4)15-20-6-5-13-27-20/h5-13,16-17H,14-15H2,1-4H3/b12-9+. The lowest BCUT2D eigenvalue weighted by Gasteiger charge is -2.23. The van der Waals surface area contributed by atoms with Gasteiger partial charge in [0, 0.05) is 12.6 Å². The SMILES string of the molecule is COC(=O)C(C)CN(Cc1ccco1)C(=O)/C=C/c1ccc(C(C)C)cc1. The molecule has 5 nitrogen and oxygen atoms in total. The van der Waals surface area contributed by atoms with Crippen LogP contribution in [0.2, 0.25) is 0 Å². The van der Waals surface area contributed by atoms with Crippen LogP contribution >= 0.6 is 0 Å². The molecule has 2 aromatic rings. The van der Waals surface area contributed by atoms with E-state index in [1.54, 1.807) is 36.3 Å². The van der Waals surface area contributed by atoms with Crippen molar-refractivity contribution in [1.82, 2.24) is 4.90 Å². The number of amides is 1. The molecule has 1 aromatic carbocycles. The van der Waals surface area contributed by atoms with Crippen molar-refractivity contribution in [2.24, 2.45) is 5.92 Å². The first kappa shape index (κ1) is 20.5. The average molecular weight is 369 g/mol. The molecule has 0 spiro atoms. The molecule has 144 valence electrons. The first-order valence-electron chi connectivity index (χ1n) is 9.08. The van der Waals surface area contributed by atoms with E-state index in [2.05, 4.69) is 26.0 Å². The number of methoxy groups -OCH3 is 1. The van der Waals surface area contributed by atoms with Gasteiger partial charge in [-0.25, -0.2) is 0 Å². The number of furan rings is 1. The smallest absolute Gasteiger partial charge is 0.310 e. The van der Waals surface area contributed by atoms with E-state index in [0.29, 0.717) is 18.2 Å². The predicted octanol–water partition coefficient (Wildman–Crippen LogP) is 4.25. The summed E-state index contributed by atoms with van der Waals surface area (Å²) in [6.07, 6.45) is 4.87. The van der Waals surface area contributed by atoms with Gasteiger partial charge in [-0.2, -0.15) is 0 Å². The van der Waals surface area contributed by atoms with Gasteiger partial charge in [0.1, 0.15) is 5.76 Å². The van der Waals surface area contributed by atoms with Crippen LogP contribution in [-0.4, -0.2) is 30.4 Å². The van der Waals surface area contributed by atoms with Gasteiger partial charge in [0.2, 0.25) is 5.91 Å². The van der Waals surface area contributed by atoms with Crippen molar-refractivity contribution in [3.63, 3.8) is 0 Å². The Morgan fingerprint density at radius 3 is 2.41 bits per heavy atom. The lowest BCUT2D eigenvalue weighted by atomic mass is 10.0. The second-order valence-corrected chi connectivity index (χ2v) is 6.88. The van der Waals surface area contributed by atoms with Gasteiger partial charge in [0.25, 0.3) is 0 Å². The van der Waals surface area contributed by atoms with E-state index in [9.17, 15) is 9.59 Å². The number of benzene rings is 1. The van der Waals surface area contributed by atoms with Crippen molar-refractivity contribution < 1.29 is 18.7 Å². The van der Waals surface area contributed by atoms with Gasteiger partial charge in [0.15, 0.2) is 0 Å². The van der Waals surface area contributed by atoms with Crippen LogP contribution in [-0.2, 0) is 20.9 Å². The van der Waals surface area contributed by atoms with E-state index >= 15 is 0 Å². The van der Waals surface area contributed by atoms with E-state index in [1.165, 1.54) is 18.7 Å². The Kier molecular flexibility index (Phi) is 7.41. The molecule has 0 fully saturated rings. The highest BCUT2D eigenvalue weighted by Gasteiger charge is 2.21. The third kappa shape index (κ3) is 6.13. The first-order valence-corrected chi connectivity index (χ1v) is 9.08. The molecular formula is C22H27NO4. The van der Waals surface area contributed by atoms with E-state index in [0.717, 1.165) is 5.56 Å². The fourth-order valence-corrected chi connectivity index (χ4v) is 2.69. The Morgan fingerprint density at radius 2 is 1.85 bits per heavy atom. The van der Waals surface area contributed by atoms with Crippen molar-refractivity contribution in [3.8, 4) is 0 Å². The summed E-state index contributed by atoms with van der Waals surface area (Å²) in [5.74, 6) is 0.173. The van der Waals surface area contributed by atoms with Crippen LogP contribution in [0.4, 0.5) is 0 Å². The molecule has 1 heterocycles. The Morgan fingerprint density at radius 1 is 1.15 bits per heavy atom. The first-order chi connectivity index (χ1) is 12.9. The van der Waals surface area contributed by atoms with Crippen LogP contribution < -0.4 is 0 Å². The molecular weight excluding hydrogens is 342 g/mol. The Bertz CT molecular complexity index is 760. The second kappa shape index (κ2) is 9.76. The van der Waals surface area contributed by atoms with Crippen molar-refractivity contribution >= 4 is 18.0 Å². The van der Waals surface area contributed by atoms with Gasteiger partial charge in [-0.15, -0.1) is 0 Å². The van der Waals surface area contributed by atoms with Gasteiger partial charge in [-0.3, -0.25) is 9.59 Å². The fraction of sp³-hybridized carbons (Fsp3) is 0.364. The molecule has 27 heavy (non-hydrogen) atoms. The van der Waals surface area contributed by atoms with E-state index in [-0.39, 0.29) is 18.4 Å². The number of ether oxygens (including phenoxy) is 1. The summed E-state index contributed by atoms with van der Waals surface area (Å²) in [5, 5.41) is 0. The van der Waals surface area contributed by atoms with E-state index in [1.807, 2.05) is 12.1 Å². The molecule has 5 heteroatoms. The summed E-state index contributed by atoms with van der Waals surface area (Å²) in [6, 6.07) is 11.7. The summed E-state index contributed by atoms with van der Waals surface area (Å²) in [5.41, 5.74) is 2.21. The molecule has 1 unspecified atom stereocenters. The molecule has 0 N–H and O–H groups in total. The predicted molar refractivity (Wildman–Crippen MR) is 105 cm³/mol. The molecule has 0 saturated heterocycles. The number of carbonyl (C=O) groups excluding carboxylic acids is 2. The Labute approximate surface area is 160 Å². The van der Waals surface area contributed by atoms with Crippen molar-refractivity contribution in [2.45, 2.75) is 33.2 Å². The lowest BCUT2D eigenvalue weighted by Crippen LogP contribution is -2.35. The number of rotatable bonds is 8. The Balaban J connectivity index is 2.10. The zero-order chi connectivity index (χ0) is 19.8. The maximum absolute atomic E-state index is 12.7. The minimum absolute atomic E-state index is 0.185. The van der Waals surface area contributed by atoms with Crippen LogP contribution in [0.3, 0.4) is 0 Å². The zero-order valence-corrected chi connectivity index (χ0v) is 16.3. The second-order valence-electron chi connectivity index (χ2n) is 6.88. The maximum Gasteiger partial charge on any atom is 0.310 e. The molecule has 2 rings (SSSR count). The van der Waals surface area contributed by atoms with Gasteiger partial charge >= 0.3 is 5.97 Å². The molecule has 1 aromatic heterocycles. The highest BCUT2D eigenvalue weighted by molar-refractivity contribution is 5.92. The highest BCUT2D eigenvalue weighted by Crippen LogP contribution is 2.16. The molecule has 0 radical (unpaired) electrons. The maximum atomic E-state index is 12.7. The molecule has 0 bridgehead atoms. The zero-order valence-electron chi connectivity index (χ0n) is 16.3. The number of hydrogen-bond acceptors (Lipinski definition) is 4. The quantitative estimate of drug-likeness (QED) is 0.515. The molecule has 0 aliphatic heterocycles. The summed E-state index contributed by atoms with van der Waals surface area (Å²) in [7, 11) is 1.35. The van der Waals surface area contributed by atoms with Crippen LogP contribution in [0, 0.1) is 5.92 Å². The Hall–Kier alpha value is -2.82. The van der Waals surface area contributed by atoms with Crippen molar-refractivity contribution in [1.29, 1.82) is 0 Å². The molecule has 0 saturated carbocycles. The van der Waals surface area contributed by atoms with Crippen LogP contribution in [0.15, 0.2) is 53.2 Å². The van der Waals surface area contributed by atoms with E-state index < -0.39 is 5.92 Å². The topological polar surface area (TPSA) is 59.8 Å². The average Bonchev–Trinajstić information content (AvgIpc) is 3.18. The largest absolute Gasteiger partial charge is 0.469 e. The minimum Gasteiger partial charge on any atom is -0.469 e. The van der Waals surface area contributed by atoms with Gasteiger partial charge in [0.05, 0.1) is 25.8 Å². The van der Waals surface area contributed by atoms with Crippen LogP contribution in [0.5, 0.6) is 0 Å². The van der Waals surface area contributed by atoms with Crippen molar-refractivity contribution in [3.05, 3.63) is 65.6 Å². The third-order valence-corrected chi connectivity index (χ3v) is 4.36. The van der Waals surface area contributed by atoms with E-state index in [4.69, 9.17) is 9.15 Å². The number of nitrogens with zero attached hydrogens (tertiary/aromatic N) is 1. The van der Waals surface area contributed by atoms with Gasteiger partial charge in [-0.1, -0.05) is 45.0 Å². The van der Waals surface area contributed by atoms with Crippen LogP contribution in [0.25, 0.3) is 6.08 Å². The number of hydrogen-bond donors (Lipinski definition) is 0. The van der Waals surface area contributed by atoms with Gasteiger partial charge in [-0.05, 0) is 35.3 Å². The van der Waals surface area contributed by atoms with Gasteiger partial charge < -0.3 is 14.1 Å². The normalized spacial score (nSPS) is 12.3. The molecule has 0 aliphatic rings. The minimum atomic E-state index is -0.423. The molecule has 1 atom stereocenters. The molecule has 1 amide bonds. The number of esters is 1. The lowest BCUT2D eigenvalue weighted by molar-refractivity contribution is -0.146. The number of carbonyl (C=O) groups is 2. The summed E-state index contributed by atoms with van der Waals surface area (Å²) in [4.78, 5) is 26.0. The summed E-state index contributed by atoms with van der Waals surface area (Å²) < 4.78 is 10.1. The highest BCUT2D eigenvalue weighted by atomic mass is 16.5. The monoisotopic (exact) mass is 369 g/mol. The van der Waals surface area contributed by atoms with Crippen molar-refractivity contribution in [2.75, 3.05) is 13.7 Å². The molecule has 0 aliphatic carbocycles. The third-order valence-electron chi connectivity index (χ3n) is 4.36. The summed E-state index contributed by atoms with van der Waals surface area (Å²) in [6.45, 7) is 6.57.